The molecule has 0 aliphatic carbocycles. The van der Waals surface area contributed by atoms with Crippen molar-refractivity contribution in [2.24, 2.45) is 0 Å². The number of rotatable bonds is 2. The molecule has 0 radical (unpaired) electrons. The van der Waals surface area contributed by atoms with E-state index in [9.17, 15) is 4.79 Å². The van der Waals surface area contributed by atoms with E-state index >= 15 is 0 Å². The summed E-state index contributed by atoms with van der Waals surface area (Å²) in [5.41, 5.74) is 6.87. The summed E-state index contributed by atoms with van der Waals surface area (Å²) in [6.07, 6.45) is 1.53. The number of nitrogens with two attached hydrogens (primary N) is 1. The van der Waals surface area contributed by atoms with Crippen molar-refractivity contribution >= 4 is 62.0 Å². The smallest absolute Gasteiger partial charge is 0.267 e. The zero-order valence-corrected chi connectivity index (χ0v) is 12.8. The number of carbonyl (C=O) groups excluding carboxylic acids is 1. The second-order valence-electron chi connectivity index (χ2n) is 4.21. The number of halogens is 2. The van der Waals surface area contributed by atoms with Crippen molar-refractivity contribution in [3.05, 3.63) is 45.4 Å². The molecule has 0 aliphatic heterocycles. The van der Waals surface area contributed by atoms with Gasteiger partial charge in [-0.15, -0.1) is 16.4 Å². The Hall–Kier alpha value is -1.89. The highest BCUT2D eigenvalue weighted by molar-refractivity contribution is 7.21. The van der Waals surface area contributed by atoms with E-state index in [1.165, 1.54) is 17.5 Å². The zero-order chi connectivity index (χ0) is 15.0. The highest BCUT2D eigenvalue weighted by Gasteiger charge is 2.17. The number of hydrogen-bond acceptors (Lipinski definition) is 5. The van der Waals surface area contributed by atoms with Crippen molar-refractivity contribution in [1.82, 2.24) is 10.2 Å². The summed E-state index contributed by atoms with van der Waals surface area (Å²) in [6.45, 7) is 0. The van der Waals surface area contributed by atoms with Gasteiger partial charge < -0.3 is 11.1 Å². The second-order valence-corrected chi connectivity index (χ2v) is 6.08. The summed E-state index contributed by atoms with van der Waals surface area (Å²) in [5.74, 6) is -0.339. The molecule has 0 unspecified atom stereocenters. The molecule has 1 aromatic carbocycles. The van der Waals surface area contributed by atoms with Gasteiger partial charge in [0.1, 0.15) is 9.71 Å². The molecule has 0 saturated carbocycles. The van der Waals surface area contributed by atoms with Crippen molar-refractivity contribution in [3.8, 4) is 0 Å². The average Bonchev–Trinajstić information content (AvgIpc) is 2.76. The van der Waals surface area contributed by atoms with Crippen LogP contribution in [0.2, 0.25) is 10.0 Å². The number of hydrogen-bond donors (Lipinski definition) is 2. The van der Waals surface area contributed by atoms with Gasteiger partial charge in [0.05, 0.1) is 11.9 Å². The van der Waals surface area contributed by atoms with E-state index in [-0.39, 0.29) is 5.91 Å². The quantitative estimate of drug-likeness (QED) is 0.743. The average molecular weight is 339 g/mol. The first-order valence-corrected chi connectivity index (χ1v) is 7.39. The molecule has 3 rings (SSSR count). The Morgan fingerprint density at radius 2 is 1.95 bits per heavy atom. The van der Waals surface area contributed by atoms with E-state index in [1.807, 2.05) is 0 Å². The number of amides is 1. The maximum Gasteiger partial charge on any atom is 0.267 e. The van der Waals surface area contributed by atoms with E-state index in [4.69, 9.17) is 28.9 Å². The number of fused-ring (bicyclic) bond motifs is 1. The first-order valence-electron chi connectivity index (χ1n) is 5.81. The van der Waals surface area contributed by atoms with Crippen LogP contribution in [-0.4, -0.2) is 16.1 Å². The molecule has 0 atom stereocenters. The van der Waals surface area contributed by atoms with Crippen LogP contribution in [0.3, 0.4) is 0 Å². The SMILES string of the molecule is Nc1c(C(=O)Nc2cc(Cl)cc(Cl)c2)sc2nnccc12. The molecule has 3 N–H and O–H groups in total. The normalized spacial score (nSPS) is 10.8. The minimum absolute atomic E-state index is 0.339. The second kappa shape index (κ2) is 5.48. The molecule has 5 nitrogen and oxygen atoms in total. The minimum atomic E-state index is -0.339. The lowest BCUT2D eigenvalue weighted by Gasteiger charge is -2.05. The number of aromatic nitrogens is 2. The molecular weight excluding hydrogens is 331 g/mol. The fourth-order valence-corrected chi connectivity index (χ4v) is 3.31. The fourth-order valence-electron chi connectivity index (χ4n) is 1.86. The van der Waals surface area contributed by atoms with Crippen molar-refractivity contribution in [1.29, 1.82) is 0 Å². The molecule has 0 fully saturated rings. The maximum absolute atomic E-state index is 12.3. The number of nitrogen functional groups attached to an aromatic ring is 1. The summed E-state index contributed by atoms with van der Waals surface area (Å²) in [5, 5.41) is 12.0. The first-order chi connectivity index (χ1) is 10.0. The van der Waals surface area contributed by atoms with E-state index < -0.39 is 0 Å². The number of carbonyl (C=O) groups is 1. The molecule has 0 spiro atoms. The van der Waals surface area contributed by atoms with Crippen LogP contribution in [0.4, 0.5) is 11.4 Å². The van der Waals surface area contributed by atoms with Crippen molar-refractivity contribution < 1.29 is 4.79 Å². The lowest BCUT2D eigenvalue weighted by molar-refractivity contribution is 0.103. The number of nitrogens with one attached hydrogen (secondary N) is 1. The van der Waals surface area contributed by atoms with Crippen molar-refractivity contribution in [2.75, 3.05) is 11.1 Å². The standard InChI is InChI=1S/C13H8Cl2N4OS/c14-6-3-7(15)5-8(4-6)18-12(20)11-10(16)9-1-2-17-19-13(9)21-11/h1-5H,16H2,(H,18,20). The van der Waals surface area contributed by atoms with Gasteiger partial charge in [-0.3, -0.25) is 4.79 Å². The van der Waals surface area contributed by atoms with Gasteiger partial charge in [0, 0.05) is 21.1 Å². The predicted molar refractivity (Wildman–Crippen MR) is 86.2 cm³/mol. The van der Waals surface area contributed by atoms with Crippen LogP contribution in [0, 0.1) is 0 Å². The molecule has 2 aromatic heterocycles. The van der Waals surface area contributed by atoms with Crippen LogP contribution in [0.5, 0.6) is 0 Å². The molecule has 2 heterocycles. The number of benzene rings is 1. The van der Waals surface area contributed by atoms with Gasteiger partial charge in [0.2, 0.25) is 0 Å². The van der Waals surface area contributed by atoms with E-state index in [1.54, 1.807) is 24.3 Å². The molecular formula is C13H8Cl2N4OS. The van der Waals surface area contributed by atoms with Gasteiger partial charge in [-0.1, -0.05) is 23.2 Å². The third-order valence-corrected chi connectivity index (χ3v) is 4.29. The van der Waals surface area contributed by atoms with Crippen LogP contribution in [-0.2, 0) is 0 Å². The van der Waals surface area contributed by atoms with Crippen LogP contribution >= 0.6 is 34.5 Å². The third kappa shape index (κ3) is 2.78. The lowest BCUT2D eigenvalue weighted by Crippen LogP contribution is -2.11. The summed E-state index contributed by atoms with van der Waals surface area (Å²) < 4.78 is 0. The number of nitrogens with zero attached hydrogens (tertiary/aromatic N) is 2. The number of anilines is 2. The Bertz CT molecular complexity index is 829. The Labute approximate surface area is 133 Å². The van der Waals surface area contributed by atoms with Gasteiger partial charge in [-0.2, -0.15) is 5.10 Å². The molecule has 0 saturated heterocycles. The van der Waals surface area contributed by atoms with Gasteiger partial charge in [-0.25, -0.2) is 0 Å². The molecule has 8 heteroatoms. The first kappa shape index (κ1) is 14.1. The van der Waals surface area contributed by atoms with Crippen LogP contribution in [0.25, 0.3) is 10.2 Å². The third-order valence-electron chi connectivity index (χ3n) is 2.75. The Kier molecular flexibility index (Phi) is 3.67. The molecule has 0 bridgehead atoms. The summed E-state index contributed by atoms with van der Waals surface area (Å²) >= 11 is 13.0. The summed E-state index contributed by atoms with van der Waals surface area (Å²) in [7, 11) is 0. The summed E-state index contributed by atoms with van der Waals surface area (Å²) in [4.78, 5) is 13.3. The van der Waals surface area contributed by atoms with Gasteiger partial charge in [0.15, 0.2) is 0 Å². The molecule has 106 valence electrons. The van der Waals surface area contributed by atoms with Gasteiger partial charge >= 0.3 is 0 Å². The molecule has 0 aliphatic rings. The van der Waals surface area contributed by atoms with Crippen LogP contribution in [0.1, 0.15) is 9.67 Å². The summed E-state index contributed by atoms with van der Waals surface area (Å²) in [6, 6.07) is 6.52. The van der Waals surface area contributed by atoms with Crippen molar-refractivity contribution in [3.63, 3.8) is 0 Å². The highest BCUT2D eigenvalue weighted by Crippen LogP contribution is 2.32. The largest absolute Gasteiger partial charge is 0.397 e. The fraction of sp³-hybridized carbons (Fsp3) is 0. The maximum atomic E-state index is 12.3. The Morgan fingerprint density at radius 3 is 2.62 bits per heavy atom. The predicted octanol–water partition coefficient (Wildman–Crippen LogP) is 3.83. The van der Waals surface area contributed by atoms with E-state index in [2.05, 4.69) is 15.5 Å². The topological polar surface area (TPSA) is 80.9 Å². The van der Waals surface area contributed by atoms with E-state index in [0.717, 1.165) is 0 Å². The highest BCUT2D eigenvalue weighted by atomic mass is 35.5. The molecule has 21 heavy (non-hydrogen) atoms. The Morgan fingerprint density at radius 1 is 1.24 bits per heavy atom. The van der Waals surface area contributed by atoms with Crippen molar-refractivity contribution in [2.45, 2.75) is 0 Å². The van der Waals surface area contributed by atoms with E-state index in [0.29, 0.717) is 36.5 Å². The van der Waals surface area contributed by atoms with Gasteiger partial charge in [0.25, 0.3) is 5.91 Å². The van der Waals surface area contributed by atoms with Crippen LogP contribution < -0.4 is 11.1 Å². The minimum Gasteiger partial charge on any atom is -0.397 e. The lowest BCUT2D eigenvalue weighted by atomic mass is 10.2. The molecule has 3 aromatic rings. The number of thiophene rings is 1. The molecule has 1 amide bonds. The van der Waals surface area contributed by atoms with Crippen LogP contribution in [0.15, 0.2) is 30.5 Å². The Balaban J connectivity index is 1.95. The zero-order valence-electron chi connectivity index (χ0n) is 10.4. The van der Waals surface area contributed by atoms with Gasteiger partial charge in [-0.05, 0) is 24.3 Å². The monoisotopic (exact) mass is 338 g/mol.